The molecule has 0 bridgehead atoms. The molecule has 170 valence electrons. The van der Waals surface area contributed by atoms with Crippen LogP contribution in [-0.4, -0.2) is 74.2 Å². The fourth-order valence-corrected chi connectivity index (χ4v) is 4.54. The summed E-state index contributed by atoms with van der Waals surface area (Å²) in [5, 5.41) is 0. The highest BCUT2D eigenvalue weighted by Gasteiger charge is 2.30. The largest absolute Gasteiger partial charge is 0.378 e. The average molecular weight is 433 g/mol. The number of rotatable bonds is 6. The van der Waals surface area contributed by atoms with Gasteiger partial charge in [0.25, 0.3) is 5.56 Å². The van der Waals surface area contributed by atoms with Crippen LogP contribution in [0.2, 0.25) is 0 Å². The normalized spacial score (nSPS) is 18.7. The molecule has 0 saturated carbocycles. The fraction of sp³-hybridized carbons (Fsp3) is 0.714. The molecule has 0 aromatic carbocycles. The molecule has 4 heterocycles. The Hall–Kier alpha value is -2.46. The number of nitrogens with zero attached hydrogens (tertiary/aromatic N) is 5. The summed E-state index contributed by atoms with van der Waals surface area (Å²) >= 11 is 0. The maximum atomic E-state index is 12.7. The molecule has 2 aliphatic rings. The minimum absolute atomic E-state index is 0.0665. The molecule has 0 aliphatic carbocycles. The molecule has 0 atom stereocenters. The van der Waals surface area contributed by atoms with Crippen molar-refractivity contribution in [3.8, 4) is 0 Å². The van der Waals surface area contributed by atoms with Crippen molar-refractivity contribution < 1.29 is 9.53 Å². The first-order valence-corrected chi connectivity index (χ1v) is 11.3. The minimum Gasteiger partial charge on any atom is -0.378 e. The Balaban J connectivity index is 1.46. The summed E-state index contributed by atoms with van der Waals surface area (Å²) in [6.45, 7) is 7.43. The lowest BCUT2D eigenvalue weighted by atomic mass is 9.95. The smallest absolute Gasteiger partial charge is 0.330 e. The summed E-state index contributed by atoms with van der Waals surface area (Å²) in [7, 11) is 1.82. The van der Waals surface area contributed by atoms with E-state index in [9.17, 15) is 14.4 Å². The lowest BCUT2D eigenvalue weighted by molar-refractivity contribution is -0.141. The van der Waals surface area contributed by atoms with Crippen molar-refractivity contribution in [3.05, 3.63) is 26.7 Å². The van der Waals surface area contributed by atoms with Crippen molar-refractivity contribution in [2.45, 2.75) is 45.7 Å². The van der Waals surface area contributed by atoms with Crippen LogP contribution in [0.25, 0.3) is 11.2 Å². The zero-order chi connectivity index (χ0) is 22.0. The number of aryl methyl sites for hydroxylation is 2. The lowest BCUT2D eigenvalue weighted by Crippen LogP contribution is -2.46. The van der Waals surface area contributed by atoms with Gasteiger partial charge in [-0.05, 0) is 32.4 Å². The number of carbonyl (C=O) groups excluding carboxylic acids is 1. The highest BCUT2D eigenvalue weighted by atomic mass is 16.5. The summed E-state index contributed by atoms with van der Waals surface area (Å²) < 4.78 is 8.70. The number of hydrogen-bond acceptors (Lipinski definition) is 6. The van der Waals surface area contributed by atoms with E-state index in [1.54, 1.807) is 9.13 Å². The molecule has 2 fully saturated rings. The van der Waals surface area contributed by atoms with E-state index in [4.69, 9.17) is 4.74 Å². The number of nitrogens with one attached hydrogen (secondary N) is 1. The van der Waals surface area contributed by atoms with Crippen molar-refractivity contribution in [2.24, 2.45) is 13.0 Å². The van der Waals surface area contributed by atoms with Gasteiger partial charge < -0.3 is 14.2 Å². The molecule has 0 unspecified atom stereocenters. The van der Waals surface area contributed by atoms with E-state index in [-0.39, 0.29) is 11.8 Å². The SMILES string of the molecule is CCCCn1c(=O)[nH]c(=O)c2c1nc(CN1CCC(C(=O)N3CCOCC3)CC1)n2C. The zero-order valence-electron chi connectivity index (χ0n) is 18.4. The molecule has 10 nitrogen and oxygen atoms in total. The van der Waals surface area contributed by atoms with Crippen molar-refractivity contribution in [3.63, 3.8) is 0 Å². The molecule has 2 aromatic heterocycles. The summed E-state index contributed by atoms with van der Waals surface area (Å²) in [6.07, 6.45) is 3.44. The van der Waals surface area contributed by atoms with E-state index in [0.29, 0.717) is 50.6 Å². The van der Waals surface area contributed by atoms with Crippen LogP contribution in [-0.2, 0) is 29.7 Å². The Morgan fingerprint density at radius 1 is 1.16 bits per heavy atom. The molecule has 1 N–H and O–H groups in total. The van der Waals surface area contributed by atoms with Crippen LogP contribution in [0.3, 0.4) is 0 Å². The van der Waals surface area contributed by atoms with Gasteiger partial charge in [-0.25, -0.2) is 9.78 Å². The van der Waals surface area contributed by atoms with Gasteiger partial charge >= 0.3 is 5.69 Å². The second-order valence-corrected chi connectivity index (χ2v) is 8.51. The number of H-pyrrole nitrogens is 1. The van der Waals surface area contributed by atoms with Crippen LogP contribution in [0.15, 0.2) is 9.59 Å². The number of unbranched alkanes of at least 4 members (excludes halogenated alkanes) is 1. The number of aromatic amines is 1. The van der Waals surface area contributed by atoms with Gasteiger partial charge in [-0.1, -0.05) is 13.3 Å². The average Bonchev–Trinajstić information content (AvgIpc) is 3.10. The first-order chi connectivity index (χ1) is 15.0. The van der Waals surface area contributed by atoms with Crippen LogP contribution in [0.4, 0.5) is 0 Å². The zero-order valence-corrected chi connectivity index (χ0v) is 18.4. The maximum absolute atomic E-state index is 12.7. The number of piperidine rings is 1. The number of morpholine rings is 1. The van der Waals surface area contributed by atoms with Crippen LogP contribution in [0.5, 0.6) is 0 Å². The number of carbonyl (C=O) groups is 1. The van der Waals surface area contributed by atoms with Gasteiger partial charge in [0, 0.05) is 32.6 Å². The Bertz CT molecular complexity index is 1040. The molecular formula is C21H32N6O4. The predicted octanol–water partition coefficient (Wildman–Crippen LogP) is 0.294. The molecule has 2 aromatic rings. The molecule has 0 spiro atoms. The van der Waals surface area contributed by atoms with Gasteiger partial charge in [0.2, 0.25) is 5.91 Å². The van der Waals surface area contributed by atoms with Gasteiger partial charge in [0.15, 0.2) is 11.2 Å². The van der Waals surface area contributed by atoms with Crippen LogP contribution < -0.4 is 11.2 Å². The van der Waals surface area contributed by atoms with Crippen LogP contribution >= 0.6 is 0 Å². The molecule has 31 heavy (non-hydrogen) atoms. The first kappa shape index (κ1) is 21.8. The van der Waals surface area contributed by atoms with Crippen molar-refractivity contribution in [2.75, 3.05) is 39.4 Å². The molecule has 2 saturated heterocycles. The highest BCUT2D eigenvalue weighted by molar-refractivity contribution is 5.79. The number of imidazole rings is 1. The quantitative estimate of drug-likeness (QED) is 0.704. The lowest BCUT2D eigenvalue weighted by Gasteiger charge is -2.35. The van der Waals surface area contributed by atoms with Crippen molar-refractivity contribution in [1.82, 2.24) is 28.9 Å². The Labute approximate surface area is 180 Å². The number of aromatic nitrogens is 4. The predicted molar refractivity (Wildman–Crippen MR) is 116 cm³/mol. The van der Waals surface area contributed by atoms with E-state index >= 15 is 0 Å². The monoisotopic (exact) mass is 432 g/mol. The van der Waals surface area contributed by atoms with Crippen LogP contribution in [0, 0.1) is 5.92 Å². The Morgan fingerprint density at radius 3 is 2.55 bits per heavy atom. The topological polar surface area (TPSA) is 105 Å². The number of likely N-dealkylation sites (tertiary alicyclic amines) is 1. The number of amides is 1. The summed E-state index contributed by atoms with van der Waals surface area (Å²) in [5.41, 5.74) is 0.0852. The first-order valence-electron chi connectivity index (χ1n) is 11.3. The second kappa shape index (κ2) is 9.35. The van der Waals surface area contributed by atoms with Crippen molar-refractivity contribution in [1.29, 1.82) is 0 Å². The molecule has 4 rings (SSSR count). The van der Waals surface area contributed by atoms with E-state index in [1.165, 1.54) is 0 Å². The molecule has 10 heteroatoms. The van der Waals surface area contributed by atoms with E-state index < -0.39 is 11.2 Å². The van der Waals surface area contributed by atoms with Gasteiger partial charge in [0.1, 0.15) is 5.82 Å². The maximum Gasteiger partial charge on any atom is 0.330 e. The van der Waals surface area contributed by atoms with Gasteiger partial charge in [-0.3, -0.25) is 24.0 Å². The molecule has 1 amide bonds. The van der Waals surface area contributed by atoms with E-state index in [0.717, 1.165) is 44.6 Å². The van der Waals surface area contributed by atoms with Crippen molar-refractivity contribution >= 4 is 17.1 Å². The standard InChI is InChI=1S/C21H32N6O4/c1-3-4-7-27-18-17(19(28)23-21(27)30)24(2)16(22-18)14-25-8-5-15(6-9-25)20(29)26-10-12-31-13-11-26/h15H,3-14H2,1-2H3,(H,23,28,30). The summed E-state index contributed by atoms with van der Waals surface area (Å²) in [4.78, 5) is 48.8. The van der Waals surface area contributed by atoms with Gasteiger partial charge in [0.05, 0.1) is 19.8 Å². The van der Waals surface area contributed by atoms with E-state index in [2.05, 4.69) is 21.8 Å². The third-order valence-electron chi connectivity index (χ3n) is 6.47. The van der Waals surface area contributed by atoms with Gasteiger partial charge in [-0.2, -0.15) is 0 Å². The summed E-state index contributed by atoms with van der Waals surface area (Å²) in [5.74, 6) is 1.07. The second-order valence-electron chi connectivity index (χ2n) is 8.51. The Morgan fingerprint density at radius 2 is 1.87 bits per heavy atom. The molecular weight excluding hydrogens is 400 g/mol. The van der Waals surface area contributed by atoms with Gasteiger partial charge in [-0.15, -0.1) is 0 Å². The molecule has 0 radical (unpaired) electrons. The Kier molecular flexibility index (Phi) is 6.57. The number of hydrogen-bond donors (Lipinski definition) is 1. The van der Waals surface area contributed by atoms with E-state index in [1.807, 2.05) is 11.9 Å². The third-order valence-corrected chi connectivity index (χ3v) is 6.47. The highest BCUT2D eigenvalue weighted by Crippen LogP contribution is 2.22. The number of ether oxygens (including phenoxy) is 1. The summed E-state index contributed by atoms with van der Waals surface area (Å²) in [6, 6.07) is 0. The third kappa shape index (κ3) is 4.45. The number of fused-ring (bicyclic) bond motifs is 1. The van der Waals surface area contributed by atoms with Crippen LogP contribution in [0.1, 0.15) is 38.4 Å². The minimum atomic E-state index is -0.405. The molecule has 2 aliphatic heterocycles. The fourth-order valence-electron chi connectivity index (χ4n) is 4.54.